The van der Waals surface area contributed by atoms with Gasteiger partial charge in [-0.1, -0.05) is 66.7 Å². The predicted octanol–water partition coefficient (Wildman–Crippen LogP) is 6.61. The van der Waals surface area contributed by atoms with Gasteiger partial charge in [0.1, 0.15) is 5.69 Å². The Morgan fingerprint density at radius 3 is 1.64 bits per heavy atom. The second-order valence-electron chi connectivity index (χ2n) is 7.63. The largest absolute Gasteiger partial charge is 0.311 e. The number of nitrogens with zero attached hydrogens (tertiary/aromatic N) is 4. The molecule has 0 radical (unpaired) electrons. The first-order chi connectivity index (χ1) is 16.2. The van der Waals surface area contributed by atoms with E-state index in [1.54, 1.807) is 0 Å². The first kappa shape index (κ1) is 20.4. The molecule has 5 nitrogen and oxygen atoms in total. The summed E-state index contributed by atoms with van der Waals surface area (Å²) in [6.07, 6.45) is 0. The summed E-state index contributed by atoms with van der Waals surface area (Å²) in [4.78, 5) is 15.9. The Bertz CT molecular complexity index is 1320. The summed E-state index contributed by atoms with van der Waals surface area (Å²) in [5.41, 5.74) is 5.74. The molecule has 4 aromatic carbocycles. The number of aromatic nitrogens is 3. The van der Waals surface area contributed by atoms with Crippen molar-refractivity contribution in [3.8, 4) is 16.9 Å². The second-order valence-corrected chi connectivity index (χ2v) is 7.63. The first-order valence-corrected chi connectivity index (χ1v) is 10.7. The molecule has 1 aromatic heterocycles. The zero-order valence-electron chi connectivity index (χ0n) is 18.2. The molecular weight excluding hydrogens is 408 g/mol. The number of anilines is 3. The number of rotatable bonds is 6. The van der Waals surface area contributed by atoms with Gasteiger partial charge in [0.05, 0.1) is 5.69 Å². The fourth-order valence-corrected chi connectivity index (χ4v) is 3.79. The lowest BCUT2D eigenvalue weighted by Gasteiger charge is -2.25. The molecule has 0 aliphatic carbocycles. The molecule has 0 fully saturated rings. The highest BCUT2D eigenvalue weighted by molar-refractivity contribution is 5.97. The smallest absolute Gasteiger partial charge is 0.182 e. The molecule has 0 saturated carbocycles. The Kier molecular flexibility index (Phi) is 5.52. The van der Waals surface area contributed by atoms with Gasteiger partial charge in [0.15, 0.2) is 11.5 Å². The first-order valence-electron chi connectivity index (χ1n) is 10.7. The third-order valence-corrected chi connectivity index (χ3v) is 5.36. The average Bonchev–Trinajstić information content (AvgIpc) is 3.33. The van der Waals surface area contributed by atoms with E-state index in [9.17, 15) is 4.79 Å². The van der Waals surface area contributed by atoms with Gasteiger partial charge >= 0.3 is 0 Å². The molecule has 5 heteroatoms. The van der Waals surface area contributed by atoms with Crippen molar-refractivity contribution >= 4 is 22.8 Å². The SMILES string of the molecule is CC(=O)c1nn(-c2ccc(N(c3ccccc3)c3ccccc3)cc2)nc1-c1ccccc1. The number of Topliss-reactive ketones (excluding diaryl/α,β-unsaturated/α-hetero) is 1. The van der Waals surface area contributed by atoms with Gasteiger partial charge in [-0.3, -0.25) is 4.79 Å². The molecule has 160 valence electrons. The number of hydrogen-bond acceptors (Lipinski definition) is 4. The van der Waals surface area contributed by atoms with Crippen LogP contribution in [0.5, 0.6) is 0 Å². The summed E-state index contributed by atoms with van der Waals surface area (Å²) in [5, 5.41) is 9.12. The molecule has 5 aromatic rings. The lowest BCUT2D eigenvalue weighted by atomic mass is 10.1. The number of benzene rings is 4. The Morgan fingerprint density at radius 2 is 1.12 bits per heavy atom. The van der Waals surface area contributed by atoms with E-state index in [-0.39, 0.29) is 5.78 Å². The molecule has 5 rings (SSSR count). The van der Waals surface area contributed by atoms with E-state index in [0.717, 1.165) is 28.3 Å². The highest BCUT2D eigenvalue weighted by atomic mass is 16.1. The molecule has 0 N–H and O–H groups in total. The fourth-order valence-electron chi connectivity index (χ4n) is 3.79. The number of carbonyl (C=O) groups excluding carboxylic acids is 1. The van der Waals surface area contributed by atoms with Crippen molar-refractivity contribution in [1.29, 1.82) is 0 Å². The van der Waals surface area contributed by atoms with Crippen molar-refractivity contribution in [2.75, 3.05) is 4.90 Å². The molecule has 0 bridgehead atoms. The topological polar surface area (TPSA) is 51.0 Å². The van der Waals surface area contributed by atoms with Gasteiger partial charge in [0.25, 0.3) is 0 Å². The maximum atomic E-state index is 12.2. The molecular formula is C28H22N4O. The van der Waals surface area contributed by atoms with Crippen LogP contribution in [0.3, 0.4) is 0 Å². The van der Waals surface area contributed by atoms with Gasteiger partial charge in [0.2, 0.25) is 0 Å². The van der Waals surface area contributed by atoms with E-state index in [2.05, 4.69) is 39.4 Å². The highest BCUT2D eigenvalue weighted by Gasteiger charge is 2.18. The summed E-state index contributed by atoms with van der Waals surface area (Å²) in [5.74, 6) is -0.115. The van der Waals surface area contributed by atoms with E-state index in [1.165, 1.54) is 11.7 Å². The van der Waals surface area contributed by atoms with Crippen molar-refractivity contribution in [3.05, 3.63) is 121 Å². The Balaban J connectivity index is 1.54. The minimum Gasteiger partial charge on any atom is -0.311 e. The minimum atomic E-state index is -0.115. The monoisotopic (exact) mass is 430 g/mol. The van der Waals surface area contributed by atoms with Crippen LogP contribution >= 0.6 is 0 Å². The van der Waals surface area contributed by atoms with Gasteiger partial charge in [-0.25, -0.2) is 0 Å². The fraction of sp³-hybridized carbons (Fsp3) is 0.0357. The van der Waals surface area contributed by atoms with Crippen molar-refractivity contribution < 1.29 is 4.79 Å². The third kappa shape index (κ3) is 4.16. The van der Waals surface area contributed by atoms with Crippen molar-refractivity contribution in [2.24, 2.45) is 0 Å². The van der Waals surface area contributed by atoms with Crippen molar-refractivity contribution in [3.63, 3.8) is 0 Å². The molecule has 0 atom stereocenters. The van der Waals surface area contributed by atoms with E-state index in [4.69, 9.17) is 0 Å². The van der Waals surface area contributed by atoms with Crippen LogP contribution in [-0.4, -0.2) is 20.8 Å². The van der Waals surface area contributed by atoms with E-state index < -0.39 is 0 Å². The van der Waals surface area contributed by atoms with Gasteiger partial charge in [-0.15, -0.1) is 10.2 Å². The van der Waals surface area contributed by atoms with E-state index >= 15 is 0 Å². The van der Waals surface area contributed by atoms with Crippen LogP contribution in [-0.2, 0) is 0 Å². The van der Waals surface area contributed by atoms with Crippen molar-refractivity contribution in [2.45, 2.75) is 6.92 Å². The lowest BCUT2D eigenvalue weighted by Crippen LogP contribution is -2.10. The van der Waals surface area contributed by atoms with Crippen LogP contribution in [0.2, 0.25) is 0 Å². The number of ketones is 1. The van der Waals surface area contributed by atoms with E-state index in [0.29, 0.717) is 11.4 Å². The normalized spacial score (nSPS) is 10.7. The molecule has 0 saturated heterocycles. The quantitative estimate of drug-likeness (QED) is 0.285. The maximum absolute atomic E-state index is 12.2. The molecule has 0 spiro atoms. The zero-order valence-corrected chi connectivity index (χ0v) is 18.2. The van der Waals surface area contributed by atoms with Gasteiger partial charge in [0, 0.05) is 29.5 Å². The Labute approximate surface area is 192 Å². The van der Waals surface area contributed by atoms with Crippen LogP contribution in [0.4, 0.5) is 17.1 Å². The number of carbonyl (C=O) groups is 1. The van der Waals surface area contributed by atoms with E-state index in [1.807, 2.05) is 91.0 Å². The molecule has 0 aliphatic rings. The summed E-state index contributed by atoms with van der Waals surface area (Å²) in [6.45, 7) is 1.52. The van der Waals surface area contributed by atoms with Gasteiger partial charge in [-0.05, 0) is 48.5 Å². The summed E-state index contributed by atoms with van der Waals surface area (Å²) in [6, 6.07) is 38.1. The maximum Gasteiger partial charge on any atom is 0.182 e. The minimum absolute atomic E-state index is 0.115. The highest BCUT2D eigenvalue weighted by Crippen LogP contribution is 2.34. The molecule has 0 unspecified atom stereocenters. The summed E-state index contributed by atoms with van der Waals surface area (Å²) < 4.78 is 0. The standard InChI is InChI=1S/C28H22N4O/c1-21(33)27-28(22-11-5-2-6-12-22)30-32(29-27)26-19-17-25(18-20-26)31(23-13-7-3-8-14-23)24-15-9-4-10-16-24/h2-20H,1H3. The summed E-state index contributed by atoms with van der Waals surface area (Å²) in [7, 11) is 0. The average molecular weight is 431 g/mol. The number of hydrogen-bond donors (Lipinski definition) is 0. The van der Waals surface area contributed by atoms with Crippen LogP contribution in [0.1, 0.15) is 17.4 Å². The predicted molar refractivity (Wildman–Crippen MR) is 131 cm³/mol. The number of para-hydroxylation sites is 2. The second kappa shape index (κ2) is 8.93. The van der Waals surface area contributed by atoms with Crippen LogP contribution < -0.4 is 4.90 Å². The Morgan fingerprint density at radius 1 is 0.636 bits per heavy atom. The molecule has 0 aliphatic heterocycles. The van der Waals surface area contributed by atoms with Crippen LogP contribution in [0.25, 0.3) is 16.9 Å². The van der Waals surface area contributed by atoms with Crippen LogP contribution in [0.15, 0.2) is 115 Å². The third-order valence-electron chi connectivity index (χ3n) is 5.36. The summed E-state index contributed by atoms with van der Waals surface area (Å²) >= 11 is 0. The molecule has 1 heterocycles. The van der Waals surface area contributed by atoms with Crippen LogP contribution in [0, 0.1) is 0 Å². The lowest BCUT2D eigenvalue weighted by molar-refractivity contribution is 0.101. The van der Waals surface area contributed by atoms with Gasteiger partial charge in [-0.2, -0.15) is 4.80 Å². The molecule has 0 amide bonds. The van der Waals surface area contributed by atoms with Crippen molar-refractivity contribution in [1.82, 2.24) is 15.0 Å². The molecule has 33 heavy (non-hydrogen) atoms. The van der Waals surface area contributed by atoms with Gasteiger partial charge < -0.3 is 4.90 Å². The zero-order chi connectivity index (χ0) is 22.6. The Hall–Kier alpha value is -4.51.